The average Bonchev–Trinajstić information content (AvgIpc) is 3.00. The average molecular weight is 462 g/mol. The van der Waals surface area contributed by atoms with E-state index in [0.717, 1.165) is 34.5 Å². The standard InChI is InChI=1S/C17H15ClF3N5O3S/c1-24-13-12(14(28)26(3)16(29)25(13)2)23-15(24)30-7-11(27)22-10-6-8(17(19,20)21)4-5-9(10)18/h4-6H,7H2,1-3H3,(H,22,27). The molecular formula is C17H15ClF3N5O3S. The molecule has 0 bridgehead atoms. The molecule has 0 fully saturated rings. The molecule has 0 radical (unpaired) electrons. The minimum atomic E-state index is -4.58. The molecule has 8 nitrogen and oxygen atoms in total. The summed E-state index contributed by atoms with van der Waals surface area (Å²) in [6.45, 7) is 0. The van der Waals surface area contributed by atoms with Crippen molar-refractivity contribution in [1.82, 2.24) is 18.7 Å². The Balaban J connectivity index is 1.82. The summed E-state index contributed by atoms with van der Waals surface area (Å²) in [7, 11) is 4.40. The van der Waals surface area contributed by atoms with Gasteiger partial charge in [-0.15, -0.1) is 0 Å². The van der Waals surface area contributed by atoms with Gasteiger partial charge in [0.1, 0.15) is 0 Å². The van der Waals surface area contributed by atoms with Crippen LogP contribution in [0.5, 0.6) is 0 Å². The molecule has 2 heterocycles. The van der Waals surface area contributed by atoms with Crippen LogP contribution < -0.4 is 16.6 Å². The van der Waals surface area contributed by atoms with Crippen LogP contribution in [0, 0.1) is 0 Å². The Morgan fingerprint density at radius 3 is 2.47 bits per heavy atom. The molecule has 0 aliphatic carbocycles. The van der Waals surface area contributed by atoms with E-state index in [-0.39, 0.29) is 32.8 Å². The Hall–Kier alpha value is -2.73. The largest absolute Gasteiger partial charge is 0.416 e. The number of nitrogens with zero attached hydrogens (tertiary/aromatic N) is 4. The molecule has 0 aliphatic rings. The molecule has 3 rings (SSSR count). The monoisotopic (exact) mass is 461 g/mol. The molecule has 0 aliphatic heterocycles. The molecule has 1 aromatic carbocycles. The third-order valence-corrected chi connectivity index (χ3v) is 5.68. The second kappa shape index (κ2) is 7.84. The number of nitrogens with one attached hydrogen (secondary N) is 1. The fourth-order valence-corrected chi connectivity index (χ4v) is 3.73. The number of rotatable bonds is 4. The SMILES string of the molecule is Cn1c(=O)c2nc(SCC(=O)Nc3cc(C(F)(F)F)ccc3Cl)n(C)c2n(C)c1=O. The zero-order chi connectivity index (χ0) is 22.4. The van der Waals surface area contributed by atoms with Gasteiger partial charge < -0.3 is 9.88 Å². The lowest BCUT2D eigenvalue weighted by atomic mass is 10.2. The van der Waals surface area contributed by atoms with Gasteiger partial charge >= 0.3 is 11.9 Å². The normalized spacial score (nSPS) is 11.8. The van der Waals surface area contributed by atoms with Gasteiger partial charge in [-0.2, -0.15) is 13.2 Å². The number of halogens is 4. The molecule has 13 heteroatoms. The Bertz CT molecular complexity index is 1280. The van der Waals surface area contributed by atoms with Crippen LogP contribution in [-0.2, 0) is 32.1 Å². The van der Waals surface area contributed by atoms with E-state index in [2.05, 4.69) is 10.3 Å². The van der Waals surface area contributed by atoms with Crippen LogP contribution in [-0.4, -0.2) is 30.3 Å². The smallest absolute Gasteiger partial charge is 0.324 e. The van der Waals surface area contributed by atoms with E-state index in [1.54, 1.807) is 7.05 Å². The second-order valence-corrected chi connectivity index (χ2v) is 7.71. The van der Waals surface area contributed by atoms with Crippen molar-refractivity contribution in [3.05, 3.63) is 49.6 Å². The number of aromatic nitrogens is 4. The molecule has 0 saturated carbocycles. The molecule has 1 amide bonds. The minimum Gasteiger partial charge on any atom is -0.324 e. The Morgan fingerprint density at radius 2 is 1.83 bits per heavy atom. The number of carbonyl (C=O) groups is 1. The first-order valence-electron chi connectivity index (χ1n) is 8.33. The third-order valence-electron chi connectivity index (χ3n) is 4.32. The highest BCUT2D eigenvalue weighted by Crippen LogP contribution is 2.34. The van der Waals surface area contributed by atoms with Crippen LogP contribution in [0.1, 0.15) is 5.56 Å². The zero-order valence-electron chi connectivity index (χ0n) is 15.9. The van der Waals surface area contributed by atoms with Crippen molar-refractivity contribution in [1.29, 1.82) is 0 Å². The molecule has 3 aromatic rings. The summed E-state index contributed by atoms with van der Waals surface area (Å²) < 4.78 is 42.2. The summed E-state index contributed by atoms with van der Waals surface area (Å²) in [5, 5.41) is 2.58. The van der Waals surface area contributed by atoms with Crippen LogP contribution >= 0.6 is 23.4 Å². The molecular weight excluding hydrogens is 447 g/mol. The van der Waals surface area contributed by atoms with Gasteiger partial charge in [0, 0.05) is 21.1 Å². The summed E-state index contributed by atoms with van der Waals surface area (Å²) >= 11 is 6.83. The van der Waals surface area contributed by atoms with Crippen LogP contribution in [0.25, 0.3) is 11.2 Å². The lowest BCUT2D eigenvalue weighted by Gasteiger charge is -2.11. The van der Waals surface area contributed by atoms with E-state index < -0.39 is 28.9 Å². The molecule has 160 valence electrons. The third kappa shape index (κ3) is 3.97. The second-order valence-electron chi connectivity index (χ2n) is 6.36. The Kier molecular flexibility index (Phi) is 5.74. The highest BCUT2D eigenvalue weighted by molar-refractivity contribution is 7.99. The Labute approximate surface area is 176 Å². The summed E-state index contributed by atoms with van der Waals surface area (Å²) in [4.78, 5) is 40.8. The maximum absolute atomic E-state index is 12.9. The first-order chi connectivity index (χ1) is 13.9. The van der Waals surface area contributed by atoms with Crippen LogP contribution in [0.3, 0.4) is 0 Å². The van der Waals surface area contributed by atoms with Crippen LogP contribution in [0.4, 0.5) is 18.9 Å². The van der Waals surface area contributed by atoms with E-state index in [1.165, 1.54) is 23.2 Å². The number of anilines is 1. The summed E-state index contributed by atoms with van der Waals surface area (Å²) in [6.07, 6.45) is -4.58. The first kappa shape index (κ1) is 22.0. The van der Waals surface area contributed by atoms with Crippen LogP contribution in [0.2, 0.25) is 5.02 Å². The number of aryl methyl sites for hydroxylation is 2. The van der Waals surface area contributed by atoms with Gasteiger partial charge in [-0.3, -0.25) is 18.7 Å². The van der Waals surface area contributed by atoms with Crippen molar-refractivity contribution in [2.75, 3.05) is 11.1 Å². The van der Waals surface area contributed by atoms with E-state index >= 15 is 0 Å². The van der Waals surface area contributed by atoms with Crippen molar-refractivity contribution in [3.63, 3.8) is 0 Å². The van der Waals surface area contributed by atoms with Gasteiger partial charge in [0.25, 0.3) is 5.56 Å². The van der Waals surface area contributed by atoms with Gasteiger partial charge in [0.15, 0.2) is 16.3 Å². The fraction of sp³-hybridized carbons (Fsp3) is 0.294. The summed E-state index contributed by atoms with van der Waals surface area (Å²) in [5.74, 6) is -0.826. The fourth-order valence-electron chi connectivity index (χ4n) is 2.80. The molecule has 2 aromatic heterocycles. The number of alkyl halides is 3. The van der Waals surface area contributed by atoms with E-state index in [1.807, 2.05) is 0 Å². The van der Waals surface area contributed by atoms with Gasteiger partial charge in [0.2, 0.25) is 5.91 Å². The van der Waals surface area contributed by atoms with E-state index in [4.69, 9.17) is 11.6 Å². The van der Waals surface area contributed by atoms with E-state index in [9.17, 15) is 27.6 Å². The van der Waals surface area contributed by atoms with E-state index in [0.29, 0.717) is 0 Å². The number of benzene rings is 1. The predicted molar refractivity (Wildman–Crippen MR) is 107 cm³/mol. The molecule has 0 atom stereocenters. The van der Waals surface area contributed by atoms with Crippen LogP contribution in [0.15, 0.2) is 32.9 Å². The van der Waals surface area contributed by atoms with Crippen molar-refractivity contribution < 1.29 is 18.0 Å². The van der Waals surface area contributed by atoms with Gasteiger partial charge in [-0.05, 0) is 18.2 Å². The topological polar surface area (TPSA) is 90.9 Å². The first-order valence-corrected chi connectivity index (χ1v) is 9.70. The predicted octanol–water partition coefficient (Wildman–Crippen LogP) is 2.37. The number of hydrogen-bond acceptors (Lipinski definition) is 5. The number of thioether (sulfide) groups is 1. The zero-order valence-corrected chi connectivity index (χ0v) is 17.4. The molecule has 30 heavy (non-hydrogen) atoms. The lowest BCUT2D eigenvalue weighted by Crippen LogP contribution is -2.37. The number of imidazole rings is 1. The van der Waals surface area contributed by atoms with Crippen molar-refractivity contribution in [2.24, 2.45) is 21.1 Å². The molecule has 0 unspecified atom stereocenters. The lowest BCUT2D eigenvalue weighted by molar-refractivity contribution is -0.137. The number of amides is 1. The van der Waals surface area contributed by atoms with Crippen molar-refractivity contribution >= 4 is 46.1 Å². The number of carbonyl (C=O) groups excluding carboxylic acids is 1. The highest BCUT2D eigenvalue weighted by atomic mass is 35.5. The maximum atomic E-state index is 12.9. The number of fused-ring (bicyclic) bond motifs is 1. The van der Waals surface area contributed by atoms with Crippen molar-refractivity contribution in [2.45, 2.75) is 11.3 Å². The highest BCUT2D eigenvalue weighted by Gasteiger charge is 2.31. The minimum absolute atomic E-state index is 0.0393. The Morgan fingerprint density at radius 1 is 1.17 bits per heavy atom. The summed E-state index contributed by atoms with van der Waals surface area (Å²) in [6, 6.07) is 2.62. The molecule has 0 saturated heterocycles. The maximum Gasteiger partial charge on any atom is 0.416 e. The quantitative estimate of drug-likeness (QED) is 0.602. The van der Waals surface area contributed by atoms with Gasteiger partial charge in [-0.1, -0.05) is 23.4 Å². The molecule has 0 spiro atoms. The van der Waals surface area contributed by atoms with Crippen molar-refractivity contribution in [3.8, 4) is 0 Å². The summed E-state index contributed by atoms with van der Waals surface area (Å²) in [5.41, 5.74) is -1.86. The van der Waals surface area contributed by atoms with Gasteiger partial charge in [-0.25, -0.2) is 9.78 Å². The van der Waals surface area contributed by atoms with Gasteiger partial charge in [0.05, 0.1) is 22.0 Å². The number of hydrogen-bond donors (Lipinski definition) is 1. The molecule has 1 N–H and O–H groups in total.